The average molecular weight is 560 g/mol. The molecule has 0 saturated carbocycles. The first-order valence-corrected chi connectivity index (χ1v) is 14.2. The molecule has 3 aromatic rings. The van der Waals surface area contributed by atoms with E-state index in [0.29, 0.717) is 37.3 Å². The van der Waals surface area contributed by atoms with Crippen molar-refractivity contribution in [2.24, 2.45) is 5.92 Å². The van der Waals surface area contributed by atoms with Crippen molar-refractivity contribution >= 4 is 36.0 Å². The Kier molecular flexibility index (Phi) is 9.88. The summed E-state index contributed by atoms with van der Waals surface area (Å²) in [6.07, 6.45) is 1.71. The fourth-order valence-electron chi connectivity index (χ4n) is 4.93. The van der Waals surface area contributed by atoms with E-state index < -0.39 is 23.4 Å². The molecule has 8 heteroatoms. The number of carbonyl (C=O) groups is 3. The van der Waals surface area contributed by atoms with Crippen LogP contribution in [-0.4, -0.2) is 40.1 Å². The molecule has 1 aliphatic heterocycles. The van der Waals surface area contributed by atoms with Gasteiger partial charge in [0.25, 0.3) is 5.91 Å². The van der Waals surface area contributed by atoms with Crippen LogP contribution in [0.4, 0.5) is 5.69 Å². The van der Waals surface area contributed by atoms with E-state index >= 15 is 0 Å². The number of aryl methyl sites for hydroxylation is 2. The van der Waals surface area contributed by atoms with Crippen molar-refractivity contribution in [1.82, 2.24) is 10.2 Å². The summed E-state index contributed by atoms with van der Waals surface area (Å²) >= 11 is 4.60. The van der Waals surface area contributed by atoms with Gasteiger partial charge in [-0.1, -0.05) is 87.0 Å². The number of hydrogen-bond donors (Lipinski definition) is 3. The third kappa shape index (κ3) is 6.86. The summed E-state index contributed by atoms with van der Waals surface area (Å²) in [6, 6.07) is 23.3. The molecule has 1 saturated heterocycles. The molecule has 0 aromatic heterocycles. The van der Waals surface area contributed by atoms with Gasteiger partial charge < -0.3 is 20.3 Å². The summed E-state index contributed by atoms with van der Waals surface area (Å²) in [6.45, 7) is 6.22. The van der Waals surface area contributed by atoms with E-state index in [1.165, 1.54) is 4.90 Å². The predicted octanol–water partition coefficient (Wildman–Crippen LogP) is 5.14. The number of amides is 3. The zero-order valence-electron chi connectivity index (χ0n) is 23.2. The zero-order chi connectivity index (χ0) is 28.6. The third-order valence-electron chi connectivity index (χ3n) is 7.46. The van der Waals surface area contributed by atoms with Gasteiger partial charge in [0.1, 0.15) is 24.4 Å². The number of anilines is 1. The monoisotopic (exact) mass is 559 g/mol. The maximum atomic E-state index is 13.8. The fourth-order valence-corrected chi connectivity index (χ4v) is 5.25. The molecule has 4 atom stereocenters. The van der Waals surface area contributed by atoms with Crippen LogP contribution in [0.2, 0.25) is 0 Å². The second-order valence-electron chi connectivity index (χ2n) is 10.2. The summed E-state index contributed by atoms with van der Waals surface area (Å²) in [4.78, 5) is 42.0. The average Bonchev–Trinajstić information content (AvgIpc) is 2.97. The largest absolute Gasteiger partial charge is 0.487 e. The maximum Gasteiger partial charge on any atom is 0.257 e. The van der Waals surface area contributed by atoms with E-state index in [-0.39, 0.29) is 17.7 Å². The number of nitrogens with one attached hydrogen (secondary N) is 2. The molecule has 3 amide bonds. The van der Waals surface area contributed by atoms with Crippen LogP contribution in [-0.2, 0) is 27.4 Å². The van der Waals surface area contributed by atoms with E-state index in [9.17, 15) is 14.4 Å². The lowest BCUT2D eigenvalue weighted by Gasteiger charge is -2.43. The van der Waals surface area contributed by atoms with Crippen LogP contribution in [0.25, 0.3) is 0 Å². The molecule has 1 aliphatic rings. The topological polar surface area (TPSA) is 87.7 Å². The lowest BCUT2D eigenvalue weighted by Crippen LogP contribution is -2.68. The number of thiol groups is 1. The third-order valence-corrected chi connectivity index (χ3v) is 7.95. The van der Waals surface area contributed by atoms with E-state index in [1.807, 2.05) is 81.4 Å². The second-order valence-corrected chi connectivity index (χ2v) is 10.7. The number of rotatable bonds is 11. The molecule has 2 N–H and O–H groups in total. The summed E-state index contributed by atoms with van der Waals surface area (Å²) < 4.78 is 5.98. The highest BCUT2D eigenvalue weighted by Crippen LogP contribution is 2.29. The van der Waals surface area contributed by atoms with Gasteiger partial charge in [0.05, 0.1) is 5.69 Å². The molecule has 0 radical (unpaired) electrons. The van der Waals surface area contributed by atoms with Gasteiger partial charge in [-0.05, 0) is 54.5 Å². The van der Waals surface area contributed by atoms with Crippen molar-refractivity contribution in [1.29, 1.82) is 0 Å². The molecule has 0 aliphatic carbocycles. The van der Waals surface area contributed by atoms with Crippen molar-refractivity contribution < 1.29 is 19.1 Å². The van der Waals surface area contributed by atoms with Gasteiger partial charge in [0.2, 0.25) is 11.8 Å². The fraction of sp³-hybridized carbons (Fsp3) is 0.344. The highest BCUT2D eigenvalue weighted by molar-refractivity contribution is 7.81. The number of nitrogens with zero attached hydrogens (tertiary/aromatic N) is 1. The number of para-hydroxylation sites is 2. The summed E-state index contributed by atoms with van der Waals surface area (Å²) in [5.74, 6) is -0.736. The molecule has 40 heavy (non-hydrogen) atoms. The lowest BCUT2D eigenvalue weighted by atomic mass is 9.91. The van der Waals surface area contributed by atoms with Gasteiger partial charge in [-0.2, -0.15) is 0 Å². The molecular weight excluding hydrogens is 522 g/mol. The molecule has 1 heterocycles. The highest BCUT2D eigenvalue weighted by atomic mass is 32.1. The number of piperazine rings is 1. The Bertz CT molecular complexity index is 1330. The van der Waals surface area contributed by atoms with Crippen LogP contribution in [0.1, 0.15) is 43.4 Å². The van der Waals surface area contributed by atoms with Crippen molar-refractivity contribution in [2.75, 3.05) is 5.32 Å². The van der Waals surface area contributed by atoms with E-state index in [1.54, 1.807) is 18.2 Å². The molecule has 1 unspecified atom stereocenters. The molecule has 1 fully saturated rings. The molecular formula is C32H37N3O4S. The Labute approximate surface area is 241 Å². The highest BCUT2D eigenvalue weighted by Gasteiger charge is 2.46. The molecule has 3 aromatic carbocycles. The van der Waals surface area contributed by atoms with Crippen LogP contribution in [0.3, 0.4) is 0 Å². The van der Waals surface area contributed by atoms with E-state index in [0.717, 1.165) is 16.7 Å². The maximum absolute atomic E-state index is 13.8. The quantitative estimate of drug-likeness (QED) is 0.284. The Morgan fingerprint density at radius 1 is 1.02 bits per heavy atom. The van der Waals surface area contributed by atoms with Crippen molar-refractivity contribution in [3.8, 4) is 5.75 Å². The van der Waals surface area contributed by atoms with Gasteiger partial charge in [0, 0.05) is 0 Å². The predicted molar refractivity (Wildman–Crippen MR) is 160 cm³/mol. The van der Waals surface area contributed by atoms with E-state index in [2.05, 4.69) is 23.3 Å². The molecule has 0 spiro atoms. The number of ether oxygens (including phenoxy) is 1. The number of hydrogen-bond acceptors (Lipinski definition) is 5. The van der Waals surface area contributed by atoms with Gasteiger partial charge in [-0.25, -0.2) is 0 Å². The van der Waals surface area contributed by atoms with Gasteiger partial charge >= 0.3 is 0 Å². The van der Waals surface area contributed by atoms with E-state index in [4.69, 9.17) is 4.74 Å². The Morgan fingerprint density at radius 2 is 1.70 bits per heavy atom. The van der Waals surface area contributed by atoms with Crippen molar-refractivity contribution in [3.63, 3.8) is 0 Å². The summed E-state index contributed by atoms with van der Waals surface area (Å²) in [5.41, 5.74) is 3.71. The Balaban J connectivity index is 1.51. The standard InChI is InChI=1S/C32H37N3O4S/c1-4-21(2)28-29(36)34-26(19-18-24-15-9-8-12-22(24)3)31(38)35(28)32(40)30(37)33-25-16-10-11-17-27(25)39-20-23-13-6-5-7-14-23/h5-17,21,26,28,32,40H,4,18-20H2,1-3H3,(H,33,37)(H,34,36)/t21-,26+,28+,32?/m0/s1. The van der Waals surface area contributed by atoms with Crippen LogP contribution in [0.5, 0.6) is 5.75 Å². The Hall–Kier alpha value is -3.78. The van der Waals surface area contributed by atoms with Crippen LogP contribution < -0.4 is 15.4 Å². The zero-order valence-corrected chi connectivity index (χ0v) is 24.1. The first-order chi connectivity index (χ1) is 19.3. The lowest BCUT2D eigenvalue weighted by molar-refractivity contribution is -0.154. The minimum Gasteiger partial charge on any atom is -0.487 e. The SMILES string of the molecule is CC[C@H](C)[C@@H]1C(=O)N[C@H](CCc2ccccc2C)C(=O)N1C(S)C(=O)Nc1ccccc1OCc1ccccc1. The minimum absolute atomic E-state index is 0.162. The minimum atomic E-state index is -1.17. The Morgan fingerprint density at radius 3 is 2.42 bits per heavy atom. The van der Waals surface area contributed by atoms with Gasteiger partial charge in [0.15, 0.2) is 5.37 Å². The van der Waals surface area contributed by atoms with Gasteiger partial charge in [-0.15, -0.1) is 12.6 Å². The smallest absolute Gasteiger partial charge is 0.257 e. The summed E-state index contributed by atoms with van der Waals surface area (Å²) in [5, 5.41) is 4.63. The second kappa shape index (κ2) is 13.5. The van der Waals surface area contributed by atoms with Crippen molar-refractivity contribution in [3.05, 3.63) is 95.6 Å². The van der Waals surface area contributed by atoms with Crippen LogP contribution in [0, 0.1) is 12.8 Å². The van der Waals surface area contributed by atoms with Crippen LogP contribution in [0.15, 0.2) is 78.9 Å². The molecule has 7 nitrogen and oxygen atoms in total. The normalized spacial score (nSPS) is 18.6. The van der Waals surface area contributed by atoms with Crippen molar-refractivity contribution in [2.45, 2.75) is 64.1 Å². The van der Waals surface area contributed by atoms with Crippen LogP contribution >= 0.6 is 12.6 Å². The number of carbonyl (C=O) groups excluding carboxylic acids is 3. The number of benzene rings is 3. The summed E-state index contributed by atoms with van der Waals surface area (Å²) in [7, 11) is 0. The van der Waals surface area contributed by atoms with Gasteiger partial charge in [-0.3, -0.25) is 14.4 Å². The molecule has 0 bridgehead atoms. The molecule has 210 valence electrons. The molecule has 4 rings (SSSR count). The first-order valence-electron chi connectivity index (χ1n) is 13.7. The first kappa shape index (κ1) is 29.2.